The molecule has 3 rings (SSSR count). The van der Waals surface area contributed by atoms with Crippen molar-refractivity contribution in [3.63, 3.8) is 0 Å². The lowest BCUT2D eigenvalue weighted by molar-refractivity contribution is -0.118. The third-order valence-electron chi connectivity index (χ3n) is 5.52. The first-order chi connectivity index (χ1) is 15.9. The quantitative estimate of drug-likeness (QED) is 0.430. The Morgan fingerprint density at radius 3 is 2.33 bits per heavy atom. The number of anilines is 2. The second kappa shape index (κ2) is 11.4. The molecule has 1 aromatic heterocycles. The minimum absolute atomic E-state index is 0.0226. The van der Waals surface area contributed by atoms with Crippen LogP contribution in [0.25, 0.3) is 0 Å². The lowest BCUT2D eigenvalue weighted by atomic mass is 9.92. The highest BCUT2D eigenvalue weighted by atomic mass is 16.1. The molecule has 0 saturated heterocycles. The molecule has 0 saturated carbocycles. The molecule has 2 aromatic carbocycles. The Hall–Kier alpha value is -3.51. The van der Waals surface area contributed by atoms with Gasteiger partial charge in [-0.3, -0.25) is 9.59 Å². The van der Waals surface area contributed by atoms with E-state index < -0.39 is 0 Å². The summed E-state index contributed by atoms with van der Waals surface area (Å²) in [6.45, 7) is 4.33. The van der Waals surface area contributed by atoms with Crippen molar-refractivity contribution >= 4 is 23.2 Å². The Morgan fingerprint density at radius 1 is 0.939 bits per heavy atom. The van der Waals surface area contributed by atoms with Crippen molar-refractivity contribution in [2.24, 2.45) is 5.92 Å². The molecule has 0 spiro atoms. The monoisotopic (exact) mass is 444 g/mol. The van der Waals surface area contributed by atoms with E-state index in [1.54, 1.807) is 12.3 Å². The average Bonchev–Trinajstić information content (AvgIpc) is 2.82. The van der Waals surface area contributed by atoms with E-state index in [1.807, 2.05) is 88.6 Å². The Labute approximate surface area is 196 Å². The van der Waals surface area contributed by atoms with Crippen LogP contribution < -0.4 is 10.6 Å². The molecule has 33 heavy (non-hydrogen) atoms. The zero-order valence-corrected chi connectivity index (χ0v) is 19.7. The summed E-state index contributed by atoms with van der Waals surface area (Å²) in [5, 5.41) is 6.28. The van der Waals surface area contributed by atoms with Gasteiger partial charge in [-0.1, -0.05) is 68.4 Å². The van der Waals surface area contributed by atoms with Gasteiger partial charge < -0.3 is 15.5 Å². The molecule has 2 N–H and O–H groups in total. The number of hydrogen-bond acceptors (Lipinski definition) is 5. The number of ketones is 1. The van der Waals surface area contributed by atoms with Gasteiger partial charge in [0, 0.05) is 35.8 Å². The van der Waals surface area contributed by atoms with Gasteiger partial charge in [-0.2, -0.15) is 0 Å². The SMILES string of the molecule is CC(C)C(=O)Nc1cccnc1NCCC(c1ccccc1C(=O)c1ccccc1)N(C)C. The minimum atomic E-state index is -0.116. The number of carbonyl (C=O) groups is 2. The fourth-order valence-electron chi connectivity index (χ4n) is 3.68. The van der Waals surface area contributed by atoms with Crippen LogP contribution in [0.3, 0.4) is 0 Å². The summed E-state index contributed by atoms with van der Waals surface area (Å²) >= 11 is 0. The van der Waals surface area contributed by atoms with Crippen LogP contribution in [0.5, 0.6) is 0 Å². The van der Waals surface area contributed by atoms with E-state index in [-0.39, 0.29) is 23.7 Å². The fraction of sp³-hybridized carbons (Fsp3) is 0.296. The van der Waals surface area contributed by atoms with Crippen molar-refractivity contribution in [2.45, 2.75) is 26.3 Å². The first-order valence-corrected chi connectivity index (χ1v) is 11.2. The van der Waals surface area contributed by atoms with Gasteiger partial charge in [-0.25, -0.2) is 4.98 Å². The number of carbonyl (C=O) groups excluding carboxylic acids is 2. The Bertz CT molecular complexity index is 1080. The summed E-state index contributed by atoms with van der Waals surface area (Å²) in [6.07, 6.45) is 2.45. The third-order valence-corrected chi connectivity index (χ3v) is 5.52. The Kier molecular flexibility index (Phi) is 8.33. The van der Waals surface area contributed by atoms with Gasteiger partial charge in [0.25, 0.3) is 0 Å². The van der Waals surface area contributed by atoms with E-state index in [1.165, 1.54) is 0 Å². The number of nitrogens with zero attached hydrogens (tertiary/aromatic N) is 2. The van der Waals surface area contributed by atoms with Crippen molar-refractivity contribution in [1.29, 1.82) is 0 Å². The average molecular weight is 445 g/mol. The molecule has 1 unspecified atom stereocenters. The zero-order valence-electron chi connectivity index (χ0n) is 19.7. The molecule has 1 heterocycles. The number of rotatable bonds is 10. The van der Waals surface area contributed by atoms with Crippen LogP contribution in [-0.4, -0.2) is 42.2 Å². The van der Waals surface area contributed by atoms with Gasteiger partial charge in [0.1, 0.15) is 5.82 Å². The molecular weight excluding hydrogens is 412 g/mol. The van der Waals surface area contributed by atoms with Gasteiger partial charge in [0.15, 0.2) is 5.78 Å². The number of amides is 1. The van der Waals surface area contributed by atoms with Crippen molar-refractivity contribution in [1.82, 2.24) is 9.88 Å². The lowest BCUT2D eigenvalue weighted by Crippen LogP contribution is -2.25. The lowest BCUT2D eigenvalue weighted by Gasteiger charge is -2.27. The van der Waals surface area contributed by atoms with E-state index in [0.29, 0.717) is 29.2 Å². The van der Waals surface area contributed by atoms with Crippen LogP contribution in [-0.2, 0) is 4.79 Å². The number of hydrogen-bond donors (Lipinski definition) is 2. The van der Waals surface area contributed by atoms with E-state index in [9.17, 15) is 9.59 Å². The Morgan fingerprint density at radius 2 is 1.64 bits per heavy atom. The van der Waals surface area contributed by atoms with E-state index >= 15 is 0 Å². The van der Waals surface area contributed by atoms with E-state index in [2.05, 4.69) is 20.5 Å². The summed E-state index contributed by atoms with van der Waals surface area (Å²) < 4.78 is 0. The number of pyridine rings is 1. The molecule has 3 aromatic rings. The van der Waals surface area contributed by atoms with Crippen molar-refractivity contribution < 1.29 is 9.59 Å². The summed E-state index contributed by atoms with van der Waals surface area (Å²) in [6, 6.07) is 20.8. The molecule has 1 amide bonds. The molecule has 6 heteroatoms. The van der Waals surface area contributed by atoms with Gasteiger partial charge in [-0.05, 0) is 38.2 Å². The standard InChI is InChI=1S/C27H32N4O2/c1-19(2)27(33)30-23-15-10-17-28-26(23)29-18-16-24(31(3)4)21-13-8-9-14-22(21)25(32)20-11-6-5-7-12-20/h5-15,17,19,24H,16,18H2,1-4H3,(H,28,29)(H,30,33). The van der Waals surface area contributed by atoms with Crippen LogP contribution in [0, 0.1) is 5.92 Å². The Balaban J connectivity index is 1.76. The largest absolute Gasteiger partial charge is 0.368 e. The smallest absolute Gasteiger partial charge is 0.227 e. The maximum Gasteiger partial charge on any atom is 0.227 e. The molecule has 172 valence electrons. The fourth-order valence-corrected chi connectivity index (χ4v) is 3.68. The molecule has 0 aliphatic carbocycles. The third kappa shape index (κ3) is 6.26. The summed E-state index contributed by atoms with van der Waals surface area (Å²) in [5.74, 6) is 0.493. The molecular formula is C27H32N4O2. The molecule has 0 aliphatic rings. The molecule has 0 fully saturated rings. The minimum Gasteiger partial charge on any atom is -0.368 e. The first-order valence-electron chi connectivity index (χ1n) is 11.2. The van der Waals surface area contributed by atoms with E-state index in [0.717, 1.165) is 12.0 Å². The predicted octanol–water partition coefficient (Wildman–Crippen LogP) is 5.01. The van der Waals surface area contributed by atoms with Crippen LogP contribution >= 0.6 is 0 Å². The van der Waals surface area contributed by atoms with Gasteiger partial charge >= 0.3 is 0 Å². The van der Waals surface area contributed by atoms with Gasteiger partial charge in [0.2, 0.25) is 5.91 Å². The second-order valence-electron chi connectivity index (χ2n) is 8.52. The number of benzene rings is 2. The molecule has 1 atom stereocenters. The molecule has 0 aliphatic heterocycles. The number of aromatic nitrogens is 1. The normalized spacial score (nSPS) is 11.9. The van der Waals surface area contributed by atoms with Crippen molar-refractivity contribution in [3.8, 4) is 0 Å². The van der Waals surface area contributed by atoms with Crippen molar-refractivity contribution in [2.75, 3.05) is 31.3 Å². The molecule has 0 bridgehead atoms. The van der Waals surface area contributed by atoms with Crippen LogP contribution in [0.15, 0.2) is 72.9 Å². The topological polar surface area (TPSA) is 74.3 Å². The van der Waals surface area contributed by atoms with Crippen LogP contribution in [0.2, 0.25) is 0 Å². The summed E-state index contributed by atoms with van der Waals surface area (Å²) in [4.78, 5) is 31.9. The molecule has 0 radical (unpaired) electrons. The highest BCUT2D eigenvalue weighted by Gasteiger charge is 2.21. The summed E-state index contributed by atoms with van der Waals surface area (Å²) in [7, 11) is 4.03. The number of nitrogens with one attached hydrogen (secondary N) is 2. The first kappa shape index (κ1) is 24.1. The van der Waals surface area contributed by atoms with Crippen molar-refractivity contribution in [3.05, 3.63) is 89.6 Å². The predicted molar refractivity (Wildman–Crippen MR) is 134 cm³/mol. The maximum atomic E-state index is 13.2. The van der Waals surface area contributed by atoms with Crippen LogP contribution in [0.1, 0.15) is 47.8 Å². The summed E-state index contributed by atoms with van der Waals surface area (Å²) in [5.41, 5.74) is 3.05. The molecule has 6 nitrogen and oxygen atoms in total. The second-order valence-corrected chi connectivity index (χ2v) is 8.52. The zero-order chi connectivity index (χ0) is 23.8. The maximum absolute atomic E-state index is 13.2. The van der Waals surface area contributed by atoms with E-state index in [4.69, 9.17) is 0 Å². The highest BCUT2D eigenvalue weighted by molar-refractivity contribution is 6.10. The van der Waals surface area contributed by atoms with Gasteiger partial charge in [0.05, 0.1) is 5.69 Å². The van der Waals surface area contributed by atoms with Gasteiger partial charge in [-0.15, -0.1) is 0 Å². The highest BCUT2D eigenvalue weighted by Crippen LogP contribution is 2.28. The van der Waals surface area contributed by atoms with Crippen LogP contribution in [0.4, 0.5) is 11.5 Å².